The Bertz CT molecular complexity index is 1460. The van der Waals surface area contributed by atoms with Crippen LogP contribution in [0, 0.1) is 0 Å². The minimum absolute atomic E-state index is 0.0585. The number of halogens is 3. The van der Waals surface area contributed by atoms with Crippen molar-refractivity contribution in [1.29, 1.82) is 0 Å². The van der Waals surface area contributed by atoms with Crippen LogP contribution >= 0.6 is 34.8 Å². The Morgan fingerprint density at radius 2 is 1.50 bits per heavy atom. The van der Waals surface area contributed by atoms with Gasteiger partial charge in [0.25, 0.3) is 10.0 Å². The van der Waals surface area contributed by atoms with E-state index in [4.69, 9.17) is 39.5 Å². The third kappa shape index (κ3) is 8.31. The van der Waals surface area contributed by atoms with Gasteiger partial charge in [-0.15, -0.1) is 0 Å². The summed E-state index contributed by atoms with van der Waals surface area (Å²) in [4.78, 5) is 28.5. The molecule has 226 valence electrons. The molecule has 0 aliphatic carbocycles. The Morgan fingerprint density at radius 3 is 2.05 bits per heavy atom. The first-order chi connectivity index (χ1) is 19.9. The molecule has 2 atom stereocenters. The fraction of sp³-hybridized carbons (Fsp3) is 0.333. The molecule has 0 bridgehead atoms. The van der Waals surface area contributed by atoms with Gasteiger partial charge in [-0.2, -0.15) is 0 Å². The molecule has 0 saturated carbocycles. The maximum Gasteiger partial charge on any atom is 0.264 e. The highest BCUT2D eigenvalue weighted by molar-refractivity contribution is 7.92. The average Bonchev–Trinajstić information content (AvgIpc) is 2.96. The Labute approximate surface area is 262 Å². The van der Waals surface area contributed by atoms with Gasteiger partial charge in [0.2, 0.25) is 11.8 Å². The van der Waals surface area contributed by atoms with Crippen LogP contribution in [-0.2, 0) is 26.2 Å². The van der Waals surface area contributed by atoms with E-state index in [-0.39, 0.29) is 23.2 Å². The topological polar surface area (TPSA) is 96.0 Å². The van der Waals surface area contributed by atoms with Crippen LogP contribution in [0.3, 0.4) is 0 Å². The lowest BCUT2D eigenvalue weighted by Crippen LogP contribution is -2.52. The van der Waals surface area contributed by atoms with Gasteiger partial charge in [0.1, 0.15) is 18.3 Å². The van der Waals surface area contributed by atoms with E-state index in [0.717, 1.165) is 4.31 Å². The van der Waals surface area contributed by atoms with Crippen LogP contribution in [0.1, 0.15) is 39.7 Å². The molecule has 3 aromatic carbocycles. The van der Waals surface area contributed by atoms with Crippen molar-refractivity contribution in [3.8, 4) is 5.75 Å². The van der Waals surface area contributed by atoms with Crippen LogP contribution in [-0.4, -0.2) is 50.4 Å². The lowest BCUT2D eigenvalue weighted by atomic mass is 10.1. The fourth-order valence-corrected chi connectivity index (χ4v) is 6.10. The zero-order valence-electron chi connectivity index (χ0n) is 23.8. The van der Waals surface area contributed by atoms with Crippen molar-refractivity contribution in [2.75, 3.05) is 17.5 Å². The van der Waals surface area contributed by atoms with Crippen molar-refractivity contribution in [3.05, 3.63) is 87.4 Å². The van der Waals surface area contributed by atoms with E-state index in [1.165, 1.54) is 29.2 Å². The second-order valence-corrected chi connectivity index (χ2v) is 12.7. The van der Waals surface area contributed by atoms with Gasteiger partial charge < -0.3 is 15.0 Å². The molecule has 8 nitrogen and oxygen atoms in total. The van der Waals surface area contributed by atoms with Crippen molar-refractivity contribution in [2.45, 2.75) is 57.6 Å². The number of anilines is 1. The van der Waals surface area contributed by atoms with E-state index in [2.05, 4.69) is 5.32 Å². The van der Waals surface area contributed by atoms with Crippen molar-refractivity contribution in [2.24, 2.45) is 0 Å². The van der Waals surface area contributed by atoms with Crippen LogP contribution in [0.5, 0.6) is 5.75 Å². The number of hydrogen-bond donors (Lipinski definition) is 1. The van der Waals surface area contributed by atoms with Gasteiger partial charge in [-0.3, -0.25) is 13.9 Å². The van der Waals surface area contributed by atoms with Crippen LogP contribution < -0.4 is 14.4 Å². The van der Waals surface area contributed by atoms with Crippen molar-refractivity contribution < 1.29 is 22.7 Å². The number of nitrogens with zero attached hydrogens (tertiary/aromatic N) is 2. The third-order valence-corrected chi connectivity index (χ3v) is 9.42. The van der Waals surface area contributed by atoms with Crippen molar-refractivity contribution in [3.63, 3.8) is 0 Å². The monoisotopic (exact) mass is 653 g/mol. The molecule has 0 unspecified atom stereocenters. The maximum absolute atomic E-state index is 14.1. The van der Waals surface area contributed by atoms with Crippen molar-refractivity contribution in [1.82, 2.24) is 10.2 Å². The van der Waals surface area contributed by atoms with E-state index in [1.807, 2.05) is 20.8 Å². The van der Waals surface area contributed by atoms with Crippen LogP contribution in [0.2, 0.25) is 15.1 Å². The normalized spacial score (nSPS) is 12.7. The minimum Gasteiger partial charge on any atom is -0.494 e. The summed E-state index contributed by atoms with van der Waals surface area (Å²) in [5, 5.41) is 3.87. The number of ether oxygens (including phenoxy) is 1. The molecule has 12 heteroatoms. The largest absolute Gasteiger partial charge is 0.494 e. The van der Waals surface area contributed by atoms with Crippen LogP contribution in [0.4, 0.5) is 5.69 Å². The molecule has 3 aromatic rings. The summed E-state index contributed by atoms with van der Waals surface area (Å²) in [6.45, 7) is 6.90. The Hall–Kier alpha value is -2.98. The van der Waals surface area contributed by atoms with E-state index in [1.54, 1.807) is 49.4 Å². The quantitative estimate of drug-likeness (QED) is 0.225. The molecule has 0 spiro atoms. The average molecular weight is 655 g/mol. The first-order valence-corrected chi connectivity index (χ1v) is 16.0. The van der Waals surface area contributed by atoms with Gasteiger partial charge in [-0.25, -0.2) is 8.42 Å². The predicted molar refractivity (Wildman–Crippen MR) is 168 cm³/mol. The first-order valence-electron chi connectivity index (χ1n) is 13.4. The standard InChI is InChI=1S/C30H34Cl3N3O5S/c1-5-20(3)34-30(38)21(4)35(18-26-27(32)8-7-9-28(26)33)29(37)19-36(23-12-14-24(15-13-23)41-6-2)42(39,40)25-16-10-22(31)11-17-25/h7-17,20-21H,5-6,18-19H2,1-4H3,(H,34,38)/t20-,21+/m0/s1. The van der Waals surface area contributed by atoms with Gasteiger partial charge in [0, 0.05) is 33.2 Å². The maximum atomic E-state index is 14.1. The summed E-state index contributed by atoms with van der Waals surface area (Å²) in [7, 11) is -4.25. The molecule has 0 heterocycles. The Kier molecular flexibility index (Phi) is 11.9. The van der Waals surface area contributed by atoms with E-state index >= 15 is 0 Å². The molecule has 0 aliphatic heterocycles. The molecule has 0 radical (unpaired) electrons. The zero-order valence-corrected chi connectivity index (χ0v) is 26.9. The van der Waals surface area contributed by atoms with Gasteiger partial charge in [0.05, 0.1) is 17.2 Å². The molecular weight excluding hydrogens is 621 g/mol. The SMILES string of the molecule is CCOc1ccc(N(CC(=O)N(Cc2c(Cl)cccc2Cl)[C@H](C)C(=O)N[C@@H](C)CC)S(=O)(=O)c2ccc(Cl)cc2)cc1. The second kappa shape index (κ2) is 15.0. The summed E-state index contributed by atoms with van der Waals surface area (Å²) in [5.41, 5.74) is 0.666. The molecule has 0 aliphatic rings. The lowest BCUT2D eigenvalue weighted by molar-refractivity contribution is -0.139. The molecule has 3 rings (SSSR count). The molecular formula is C30H34Cl3N3O5S. The highest BCUT2D eigenvalue weighted by Crippen LogP contribution is 2.29. The fourth-order valence-electron chi connectivity index (χ4n) is 4.04. The third-order valence-electron chi connectivity index (χ3n) is 6.67. The van der Waals surface area contributed by atoms with E-state index in [0.29, 0.717) is 39.4 Å². The summed E-state index contributed by atoms with van der Waals surface area (Å²) in [5.74, 6) is -0.486. The predicted octanol–water partition coefficient (Wildman–Crippen LogP) is 6.57. The summed E-state index contributed by atoms with van der Waals surface area (Å²) in [6.07, 6.45) is 0.688. The van der Waals surface area contributed by atoms with Crippen molar-refractivity contribution >= 4 is 62.3 Å². The Morgan fingerprint density at radius 1 is 0.905 bits per heavy atom. The lowest BCUT2D eigenvalue weighted by Gasteiger charge is -2.33. The molecule has 42 heavy (non-hydrogen) atoms. The number of nitrogens with one attached hydrogen (secondary N) is 1. The molecule has 0 aromatic heterocycles. The molecule has 0 saturated heterocycles. The van der Waals surface area contributed by atoms with Gasteiger partial charge in [-0.05, 0) is 87.9 Å². The van der Waals surface area contributed by atoms with E-state index in [9.17, 15) is 18.0 Å². The zero-order chi connectivity index (χ0) is 31.0. The molecule has 0 fully saturated rings. The van der Waals surface area contributed by atoms with Gasteiger partial charge in [-0.1, -0.05) is 47.8 Å². The van der Waals surface area contributed by atoms with Crippen LogP contribution in [0.15, 0.2) is 71.6 Å². The highest BCUT2D eigenvalue weighted by atomic mass is 35.5. The number of amides is 2. The number of rotatable bonds is 13. The molecule has 1 N–H and O–H groups in total. The van der Waals surface area contributed by atoms with Gasteiger partial charge in [0.15, 0.2) is 0 Å². The Balaban J connectivity index is 2.07. The summed E-state index contributed by atoms with van der Waals surface area (Å²) >= 11 is 18.9. The number of benzene rings is 3. The second-order valence-electron chi connectivity index (χ2n) is 9.61. The molecule has 2 amide bonds. The summed E-state index contributed by atoms with van der Waals surface area (Å²) in [6, 6.07) is 15.8. The highest BCUT2D eigenvalue weighted by Gasteiger charge is 2.33. The number of sulfonamides is 1. The number of hydrogen-bond acceptors (Lipinski definition) is 5. The smallest absolute Gasteiger partial charge is 0.264 e. The van der Waals surface area contributed by atoms with Crippen LogP contribution in [0.25, 0.3) is 0 Å². The van der Waals surface area contributed by atoms with E-state index < -0.39 is 34.4 Å². The number of carbonyl (C=O) groups excluding carboxylic acids is 2. The first kappa shape index (κ1) is 33.5. The minimum atomic E-state index is -4.25. The van der Waals surface area contributed by atoms with Gasteiger partial charge >= 0.3 is 0 Å². The summed E-state index contributed by atoms with van der Waals surface area (Å²) < 4.78 is 34.4. The number of carbonyl (C=O) groups is 2.